The summed E-state index contributed by atoms with van der Waals surface area (Å²) in [7, 11) is 4.32. The Morgan fingerprint density at radius 2 is 1.90 bits per heavy atom. The largest absolute Gasteiger partial charge is 0.311 e. The number of pyridine rings is 1. The summed E-state index contributed by atoms with van der Waals surface area (Å²) < 4.78 is 0. The van der Waals surface area contributed by atoms with E-state index in [9.17, 15) is 0 Å². The van der Waals surface area contributed by atoms with Gasteiger partial charge in [0.05, 0.1) is 0 Å². The average Bonchev–Trinajstić information content (AvgIpc) is 2.46. The molecule has 3 heteroatoms. The maximum Gasteiger partial charge on any atom is 0.0346 e. The molecule has 0 saturated carbocycles. The first-order valence-electron chi connectivity index (χ1n) is 7.76. The summed E-state index contributed by atoms with van der Waals surface area (Å²) in [6.45, 7) is 6.45. The number of nitrogens with zero attached hydrogens (tertiary/aromatic N) is 2. The van der Waals surface area contributed by atoms with Gasteiger partial charge >= 0.3 is 0 Å². The first-order chi connectivity index (χ1) is 10.1. The molecule has 0 aliphatic rings. The summed E-state index contributed by atoms with van der Waals surface area (Å²) in [5.41, 5.74) is 1.27. The highest BCUT2D eigenvalue weighted by Crippen LogP contribution is 2.17. The molecule has 114 valence electrons. The number of rotatable bonds is 7. The molecule has 1 unspecified atom stereocenters. The lowest BCUT2D eigenvalue weighted by Crippen LogP contribution is -2.38. The predicted octanol–water partition coefficient (Wildman–Crippen LogP) is 3.30. The average molecular weight is 285 g/mol. The molecule has 2 rings (SSSR count). The molecule has 0 aliphatic carbocycles. The van der Waals surface area contributed by atoms with Gasteiger partial charge in [-0.15, -0.1) is 0 Å². The van der Waals surface area contributed by atoms with Gasteiger partial charge in [-0.2, -0.15) is 0 Å². The molecule has 0 bridgehead atoms. The van der Waals surface area contributed by atoms with Crippen LogP contribution in [-0.4, -0.2) is 36.6 Å². The summed E-state index contributed by atoms with van der Waals surface area (Å²) in [6, 6.07) is 9.02. The van der Waals surface area contributed by atoms with Crippen molar-refractivity contribution in [1.29, 1.82) is 0 Å². The standard InChI is InChI=1S/C18H27N3/c1-14(2)9-17(21(3)4)13-20-12-16-11-19-10-15-7-5-6-8-18(15)16/h5-8,10-11,14,17,20H,9,12-13H2,1-4H3. The molecule has 0 radical (unpaired) electrons. The normalized spacial score (nSPS) is 13.2. The maximum atomic E-state index is 4.34. The van der Waals surface area contributed by atoms with E-state index in [-0.39, 0.29) is 0 Å². The van der Waals surface area contributed by atoms with Crippen molar-refractivity contribution in [3.8, 4) is 0 Å². The third kappa shape index (κ3) is 4.51. The van der Waals surface area contributed by atoms with E-state index in [0.29, 0.717) is 6.04 Å². The van der Waals surface area contributed by atoms with Gasteiger partial charge in [0.1, 0.15) is 0 Å². The SMILES string of the molecule is CC(C)CC(CNCc1cncc2ccccc12)N(C)C. The van der Waals surface area contributed by atoms with Crippen molar-refractivity contribution in [2.45, 2.75) is 32.9 Å². The molecule has 1 heterocycles. The molecule has 1 N–H and O–H groups in total. The molecule has 21 heavy (non-hydrogen) atoms. The first kappa shape index (κ1) is 15.9. The zero-order valence-electron chi connectivity index (χ0n) is 13.6. The van der Waals surface area contributed by atoms with E-state index >= 15 is 0 Å². The van der Waals surface area contributed by atoms with Crippen LogP contribution < -0.4 is 5.32 Å². The van der Waals surface area contributed by atoms with Gasteiger partial charge in [-0.3, -0.25) is 4.98 Å². The summed E-state index contributed by atoms with van der Waals surface area (Å²) in [5.74, 6) is 0.721. The van der Waals surface area contributed by atoms with Crippen molar-refractivity contribution in [1.82, 2.24) is 15.2 Å². The molecule has 1 aromatic carbocycles. The molecule has 2 aromatic rings. The fourth-order valence-electron chi connectivity index (χ4n) is 2.71. The Morgan fingerprint density at radius 1 is 1.14 bits per heavy atom. The van der Waals surface area contributed by atoms with Crippen LogP contribution in [0.4, 0.5) is 0 Å². The topological polar surface area (TPSA) is 28.2 Å². The molecule has 0 saturated heterocycles. The van der Waals surface area contributed by atoms with Gasteiger partial charge in [0.15, 0.2) is 0 Å². The number of likely N-dealkylation sites (N-methyl/N-ethyl adjacent to an activating group) is 1. The van der Waals surface area contributed by atoms with Crippen molar-refractivity contribution in [3.05, 3.63) is 42.2 Å². The van der Waals surface area contributed by atoms with E-state index in [1.807, 2.05) is 12.4 Å². The minimum absolute atomic E-state index is 0.577. The van der Waals surface area contributed by atoms with Crippen molar-refractivity contribution in [2.75, 3.05) is 20.6 Å². The Morgan fingerprint density at radius 3 is 2.62 bits per heavy atom. The molecular formula is C18H27N3. The molecule has 1 atom stereocenters. The lowest BCUT2D eigenvalue weighted by Gasteiger charge is -2.26. The lowest BCUT2D eigenvalue weighted by molar-refractivity contribution is 0.247. The second-order valence-electron chi connectivity index (χ2n) is 6.40. The lowest BCUT2D eigenvalue weighted by atomic mass is 10.0. The zero-order chi connectivity index (χ0) is 15.2. The maximum absolute atomic E-state index is 4.34. The third-order valence-electron chi connectivity index (χ3n) is 3.92. The Kier molecular flexibility index (Phi) is 5.71. The van der Waals surface area contributed by atoms with Crippen LogP contribution in [-0.2, 0) is 6.54 Å². The van der Waals surface area contributed by atoms with Crippen LogP contribution in [0.3, 0.4) is 0 Å². The van der Waals surface area contributed by atoms with Gasteiger partial charge in [-0.1, -0.05) is 38.1 Å². The van der Waals surface area contributed by atoms with E-state index in [0.717, 1.165) is 19.0 Å². The van der Waals surface area contributed by atoms with Crippen LogP contribution in [0, 0.1) is 5.92 Å². The highest BCUT2D eigenvalue weighted by molar-refractivity contribution is 5.84. The van der Waals surface area contributed by atoms with Gasteiger partial charge in [-0.25, -0.2) is 0 Å². The van der Waals surface area contributed by atoms with Gasteiger partial charge < -0.3 is 10.2 Å². The number of benzene rings is 1. The summed E-state index contributed by atoms with van der Waals surface area (Å²) in [4.78, 5) is 6.66. The second kappa shape index (κ2) is 7.53. The van der Waals surface area contributed by atoms with Crippen molar-refractivity contribution in [2.24, 2.45) is 5.92 Å². The van der Waals surface area contributed by atoms with Crippen LogP contribution in [0.15, 0.2) is 36.7 Å². The Balaban J connectivity index is 1.98. The highest BCUT2D eigenvalue weighted by atomic mass is 15.1. The molecule has 3 nitrogen and oxygen atoms in total. The van der Waals surface area contributed by atoms with Crippen LogP contribution in [0.2, 0.25) is 0 Å². The summed E-state index contributed by atoms with van der Waals surface area (Å²) in [5, 5.41) is 6.11. The Bertz CT molecular complexity index is 558. The summed E-state index contributed by atoms with van der Waals surface area (Å²) in [6.07, 6.45) is 5.12. The molecule has 0 fully saturated rings. The zero-order valence-corrected chi connectivity index (χ0v) is 13.6. The fourth-order valence-corrected chi connectivity index (χ4v) is 2.71. The highest BCUT2D eigenvalue weighted by Gasteiger charge is 2.13. The monoisotopic (exact) mass is 285 g/mol. The van der Waals surface area contributed by atoms with Crippen LogP contribution in [0.5, 0.6) is 0 Å². The number of fused-ring (bicyclic) bond motifs is 1. The summed E-state index contributed by atoms with van der Waals surface area (Å²) >= 11 is 0. The van der Waals surface area contributed by atoms with Crippen molar-refractivity contribution >= 4 is 10.8 Å². The van der Waals surface area contributed by atoms with Crippen LogP contribution in [0.1, 0.15) is 25.8 Å². The van der Waals surface area contributed by atoms with Gasteiger partial charge in [0.25, 0.3) is 0 Å². The predicted molar refractivity (Wildman–Crippen MR) is 90.4 cm³/mol. The molecule has 1 aromatic heterocycles. The second-order valence-corrected chi connectivity index (χ2v) is 6.40. The van der Waals surface area contributed by atoms with Crippen molar-refractivity contribution in [3.63, 3.8) is 0 Å². The number of hydrogen-bond donors (Lipinski definition) is 1. The first-order valence-corrected chi connectivity index (χ1v) is 7.76. The fraction of sp³-hybridized carbons (Fsp3) is 0.500. The van der Waals surface area contributed by atoms with Crippen LogP contribution in [0.25, 0.3) is 10.8 Å². The van der Waals surface area contributed by atoms with Crippen LogP contribution >= 0.6 is 0 Å². The molecule has 0 amide bonds. The quantitative estimate of drug-likeness (QED) is 0.846. The molecular weight excluding hydrogens is 258 g/mol. The van der Waals surface area contributed by atoms with E-state index in [1.54, 1.807) is 0 Å². The Labute approximate surface area is 128 Å². The van der Waals surface area contributed by atoms with E-state index in [4.69, 9.17) is 0 Å². The van der Waals surface area contributed by atoms with E-state index in [1.165, 1.54) is 22.8 Å². The van der Waals surface area contributed by atoms with Gasteiger partial charge in [0.2, 0.25) is 0 Å². The van der Waals surface area contributed by atoms with Gasteiger partial charge in [-0.05, 0) is 37.4 Å². The smallest absolute Gasteiger partial charge is 0.0346 e. The van der Waals surface area contributed by atoms with E-state index < -0.39 is 0 Å². The molecule has 0 aliphatic heterocycles. The number of hydrogen-bond acceptors (Lipinski definition) is 3. The minimum atomic E-state index is 0.577. The Hall–Kier alpha value is -1.45. The van der Waals surface area contributed by atoms with Gasteiger partial charge in [0, 0.05) is 36.9 Å². The van der Waals surface area contributed by atoms with Crippen molar-refractivity contribution < 1.29 is 0 Å². The number of aromatic nitrogens is 1. The molecule has 0 spiro atoms. The minimum Gasteiger partial charge on any atom is -0.311 e. The third-order valence-corrected chi connectivity index (χ3v) is 3.92. The van der Waals surface area contributed by atoms with E-state index in [2.05, 4.69) is 67.4 Å². The number of nitrogens with one attached hydrogen (secondary N) is 1.